The molecule has 40 heavy (non-hydrogen) atoms. The normalized spacial score (nSPS) is 24.9. The van der Waals surface area contributed by atoms with E-state index >= 15 is 0 Å². The molecule has 1 atom stereocenters. The molecule has 4 aliphatic rings. The van der Waals surface area contributed by atoms with E-state index in [1.54, 1.807) is 13.0 Å². The minimum absolute atomic E-state index is 0.0178. The molecular weight excluding hydrogens is 504 g/mol. The number of carbonyl (C=O) groups excluding carboxylic acids is 2. The van der Waals surface area contributed by atoms with E-state index in [1.807, 2.05) is 16.7 Å². The van der Waals surface area contributed by atoms with Gasteiger partial charge in [-0.3, -0.25) is 9.69 Å². The number of carbonyl (C=O) groups is 2. The highest BCUT2D eigenvalue weighted by molar-refractivity contribution is 5.96. The molecule has 1 saturated carbocycles. The van der Waals surface area contributed by atoms with Gasteiger partial charge in [0.25, 0.3) is 5.91 Å². The maximum absolute atomic E-state index is 13.3. The van der Waals surface area contributed by atoms with Crippen LogP contribution in [0.4, 0.5) is 4.79 Å². The second-order valence-electron chi connectivity index (χ2n) is 13.0. The number of pyridine rings is 1. The number of likely N-dealkylation sites (tertiary alicyclic amines) is 2. The molecule has 8 heteroatoms. The van der Waals surface area contributed by atoms with Crippen molar-refractivity contribution in [2.75, 3.05) is 39.3 Å². The van der Waals surface area contributed by atoms with Crippen LogP contribution in [0.15, 0.2) is 6.07 Å². The van der Waals surface area contributed by atoms with Crippen LogP contribution in [0.5, 0.6) is 5.88 Å². The SMILES string of the molecule is CCCCC1CN(CC2CCCCC2)C(=O)OC12CCN(C1CCN(C(=O)c3c(C)cc(O)nc3C)CC1)CC2. The van der Waals surface area contributed by atoms with Gasteiger partial charge >= 0.3 is 6.09 Å². The van der Waals surface area contributed by atoms with Gasteiger partial charge in [-0.15, -0.1) is 0 Å². The first-order valence-corrected chi connectivity index (χ1v) is 16.0. The average molecular weight is 555 g/mol. The summed E-state index contributed by atoms with van der Waals surface area (Å²) in [5.74, 6) is 1.04. The molecule has 3 aliphatic heterocycles. The lowest BCUT2D eigenvalue weighted by molar-refractivity contribution is -0.127. The second-order valence-corrected chi connectivity index (χ2v) is 13.0. The Hall–Kier alpha value is -2.35. The molecular formula is C32H50N4O4. The van der Waals surface area contributed by atoms with Gasteiger partial charge in [-0.1, -0.05) is 39.0 Å². The fourth-order valence-corrected chi connectivity index (χ4v) is 7.97. The predicted molar refractivity (Wildman–Crippen MR) is 155 cm³/mol. The number of hydrogen-bond acceptors (Lipinski definition) is 6. The Balaban J connectivity index is 1.16. The predicted octanol–water partition coefficient (Wildman–Crippen LogP) is 5.68. The van der Waals surface area contributed by atoms with Crippen LogP contribution in [0.25, 0.3) is 0 Å². The molecule has 1 unspecified atom stereocenters. The van der Waals surface area contributed by atoms with Crippen LogP contribution in [-0.4, -0.2) is 87.7 Å². The van der Waals surface area contributed by atoms with Crippen molar-refractivity contribution in [2.24, 2.45) is 11.8 Å². The summed E-state index contributed by atoms with van der Waals surface area (Å²) >= 11 is 0. The third-order valence-corrected chi connectivity index (χ3v) is 10.4. The largest absolute Gasteiger partial charge is 0.493 e. The molecule has 1 aromatic heterocycles. The number of hydrogen-bond donors (Lipinski definition) is 1. The van der Waals surface area contributed by atoms with E-state index in [0.717, 1.165) is 76.9 Å². The van der Waals surface area contributed by atoms with Crippen LogP contribution in [0, 0.1) is 25.7 Å². The first-order valence-electron chi connectivity index (χ1n) is 16.0. The lowest BCUT2D eigenvalue weighted by Crippen LogP contribution is -2.61. The van der Waals surface area contributed by atoms with E-state index in [1.165, 1.54) is 44.9 Å². The first kappa shape index (κ1) is 29.2. The smallest absolute Gasteiger partial charge is 0.410 e. The Morgan fingerprint density at radius 3 is 2.42 bits per heavy atom. The summed E-state index contributed by atoms with van der Waals surface area (Å²) in [7, 11) is 0. The number of aromatic hydroxyl groups is 1. The third-order valence-electron chi connectivity index (χ3n) is 10.4. The van der Waals surface area contributed by atoms with Crippen LogP contribution < -0.4 is 0 Å². The van der Waals surface area contributed by atoms with Crippen molar-refractivity contribution in [1.82, 2.24) is 19.7 Å². The Morgan fingerprint density at radius 2 is 1.77 bits per heavy atom. The van der Waals surface area contributed by atoms with Crippen LogP contribution in [0.1, 0.15) is 106 Å². The number of aryl methyl sites for hydroxylation is 2. The number of amides is 2. The summed E-state index contributed by atoms with van der Waals surface area (Å²) in [5, 5.41) is 9.76. The molecule has 1 aromatic rings. The van der Waals surface area contributed by atoms with Gasteiger partial charge in [0.05, 0.1) is 11.3 Å². The molecule has 1 aliphatic carbocycles. The van der Waals surface area contributed by atoms with Crippen LogP contribution >= 0.6 is 0 Å². The standard InChI is InChI=1S/C32H50N4O4/c1-4-5-11-26-22-36(21-25-9-7-6-8-10-25)31(39)40-32(26)14-18-34(19-15-32)27-12-16-35(17-13-27)30(38)29-23(2)20-28(37)33-24(29)3/h20,25-27H,4-19,21-22H2,1-3H3,(H,33,37). The molecule has 1 N–H and O–H groups in total. The van der Waals surface area contributed by atoms with E-state index in [-0.39, 0.29) is 23.5 Å². The Bertz CT molecular complexity index is 1020. The molecule has 0 aromatic carbocycles. The number of nitrogens with zero attached hydrogens (tertiary/aromatic N) is 4. The number of unbranched alkanes of at least 4 members (excludes halogenated alkanes) is 1. The van der Waals surface area contributed by atoms with Gasteiger partial charge in [0.15, 0.2) is 0 Å². The minimum Gasteiger partial charge on any atom is -0.493 e. The second kappa shape index (κ2) is 12.7. The molecule has 1 spiro atoms. The monoisotopic (exact) mass is 554 g/mol. The summed E-state index contributed by atoms with van der Waals surface area (Å²) in [6.45, 7) is 11.0. The maximum atomic E-state index is 13.3. The highest BCUT2D eigenvalue weighted by Gasteiger charge is 2.50. The summed E-state index contributed by atoms with van der Waals surface area (Å²) < 4.78 is 6.43. The van der Waals surface area contributed by atoms with Gasteiger partial charge in [-0.2, -0.15) is 0 Å². The number of ether oxygens (including phenoxy) is 1. The van der Waals surface area contributed by atoms with E-state index in [2.05, 4.69) is 16.8 Å². The summed E-state index contributed by atoms with van der Waals surface area (Å²) in [6, 6.07) is 2.02. The van der Waals surface area contributed by atoms with Crippen molar-refractivity contribution in [3.63, 3.8) is 0 Å². The summed E-state index contributed by atoms with van der Waals surface area (Å²) in [4.78, 5) is 37.2. The Morgan fingerprint density at radius 1 is 1.07 bits per heavy atom. The van der Waals surface area contributed by atoms with E-state index in [4.69, 9.17) is 4.74 Å². The zero-order valence-corrected chi connectivity index (χ0v) is 25.0. The maximum Gasteiger partial charge on any atom is 0.410 e. The zero-order valence-electron chi connectivity index (χ0n) is 25.0. The van der Waals surface area contributed by atoms with Gasteiger partial charge in [-0.05, 0) is 57.4 Å². The third kappa shape index (κ3) is 6.27. The van der Waals surface area contributed by atoms with Crippen molar-refractivity contribution in [3.8, 4) is 5.88 Å². The Kier molecular flexibility index (Phi) is 9.23. The van der Waals surface area contributed by atoms with Crippen LogP contribution in [0.3, 0.4) is 0 Å². The highest BCUT2D eigenvalue weighted by atomic mass is 16.6. The van der Waals surface area contributed by atoms with Crippen molar-refractivity contribution >= 4 is 12.0 Å². The van der Waals surface area contributed by atoms with Gasteiger partial charge in [-0.25, -0.2) is 9.78 Å². The van der Waals surface area contributed by atoms with Gasteiger partial charge in [0.2, 0.25) is 5.88 Å². The zero-order chi connectivity index (χ0) is 28.3. The van der Waals surface area contributed by atoms with Crippen LogP contribution in [0.2, 0.25) is 0 Å². The number of piperidine rings is 2. The quantitative estimate of drug-likeness (QED) is 0.467. The topological polar surface area (TPSA) is 86.2 Å². The van der Waals surface area contributed by atoms with E-state index in [9.17, 15) is 14.7 Å². The van der Waals surface area contributed by atoms with Crippen molar-refractivity contribution in [1.29, 1.82) is 0 Å². The molecule has 8 nitrogen and oxygen atoms in total. The molecule has 0 bridgehead atoms. The van der Waals surface area contributed by atoms with Gasteiger partial charge in [0.1, 0.15) is 5.60 Å². The summed E-state index contributed by atoms with van der Waals surface area (Å²) in [5.41, 5.74) is 1.66. The first-order chi connectivity index (χ1) is 19.3. The number of aromatic nitrogens is 1. The van der Waals surface area contributed by atoms with Crippen LogP contribution in [-0.2, 0) is 4.74 Å². The van der Waals surface area contributed by atoms with Crippen molar-refractivity contribution < 1.29 is 19.4 Å². The van der Waals surface area contributed by atoms with E-state index in [0.29, 0.717) is 29.1 Å². The Labute approximate surface area is 240 Å². The molecule has 222 valence electrons. The average Bonchev–Trinajstić information content (AvgIpc) is 2.94. The molecule has 4 heterocycles. The van der Waals surface area contributed by atoms with Crippen molar-refractivity contribution in [2.45, 2.75) is 109 Å². The van der Waals surface area contributed by atoms with Crippen molar-refractivity contribution in [3.05, 3.63) is 22.9 Å². The highest BCUT2D eigenvalue weighted by Crippen LogP contribution is 2.42. The minimum atomic E-state index is -0.316. The lowest BCUT2D eigenvalue weighted by atomic mass is 9.75. The molecule has 5 rings (SSSR count). The fourth-order valence-electron chi connectivity index (χ4n) is 7.97. The fraction of sp³-hybridized carbons (Fsp3) is 0.781. The lowest BCUT2D eigenvalue weighted by Gasteiger charge is -2.52. The molecule has 4 fully saturated rings. The molecule has 0 radical (unpaired) electrons. The van der Waals surface area contributed by atoms with Gasteiger partial charge < -0.3 is 19.6 Å². The molecule has 3 saturated heterocycles. The molecule has 2 amide bonds. The van der Waals surface area contributed by atoms with Gasteiger partial charge in [0, 0.05) is 70.1 Å². The van der Waals surface area contributed by atoms with E-state index < -0.39 is 0 Å². The summed E-state index contributed by atoms with van der Waals surface area (Å²) in [6.07, 6.45) is 13.6. The number of rotatable bonds is 7.